The zero-order valence-corrected chi connectivity index (χ0v) is 13.0. The minimum Gasteiger partial charge on any atom is -0.493 e. The number of hydrogen-bond acceptors (Lipinski definition) is 5. The second-order valence-electron chi connectivity index (χ2n) is 4.99. The van der Waals surface area contributed by atoms with Gasteiger partial charge in [0.1, 0.15) is 5.25 Å². The SMILES string of the molecule is COc1ccccc1OCCCN1CC(S(=O)(=O)F)CC1=O. The van der Waals surface area contributed by atoms with Gasteiger partial charge in [-0.3, -0.25) is 4.79 Å². The van der Waals surface area contributed by atoms with Crippen molar-refractivity contribution in [3.05, 3.63) is 24.3 Å². The van der Waals surface area contributed by atoms with Gasteiger partial charge in [-0.05, 0) is 18.6 Å². The highest BCUT2D eigenvalue weighted by Gasteiger charge is 2.37. The van der Waals surface area contributed by atoms with Crippen LogP contribution in [0.5, 0.6) is 11.5 Å². The van der Waals surface area contributed by atoms with Crippen molar-refractivity contribution in [2.24, 2.45) is 0 Å². The summed E-state index contributed by atoms with van der Waals surface area (Å²) in [5.41, 5.74) is 0. The van der Waals surface area contributed by atoms with Crippen molar-refractivity contribution >= 4 is 16.1 Å². The number of methoxy groups -OCH3 is 1. The topological polar surface area (TPSA) is 72.9 Å². The Labute approximate surface area is 129 Å². The van der Waals surface area contributed by atoms with Gasteiger partial charge in [0, 0.05) is 19.5 Å². The van der Waals surface area contributed by atoms with Gasteiger partial charge in [-0.25, -0.2) is 0 Å². The smallest absolute Gasteiger partial charge is 0.307 e. The second-order valence-corrected chi connectivity index (χ2v) is 6.61. The van der Waals surface area contributed by atoms with Crippen LogP contribution in [0.3, 0.4) is 0 Å². The number of likely N-dealkylation sites (tertiary alicyclic amines) is 1. The number of benzene rings is 1. The molecule has 0 N–H and O–H groups in total. The standard InChI is InChI=1S/C14H18FNO5S/c1-20-12-5-2-3-6-13(12)21-8-4-7-16-10-11(9-14(16)17)22(15,18)19/h2-3,5-6,11H,4,7-10H2,1H3. The number of hydrogen-bond donors (Lipinski definition) is 0. The van der Waals surface area contributed by atoms with Crippen molar-refractivity contribution in [3.63, 3.8) is 0 Å². The molecule has 0 radical (unpaired) electrons. The van der Waals surface area contributed by atoms with E-state index in [0.717, 1.165) is 0 Å². The van der Waals surface area contributed by atoms with Crippen LogP contribution in [0.15, 0.2) is 24.3 Å². The van der Waals surface area contributed by atoms with E-state index in [9.17, 15) is 17.1 Å². The van der Waals surface area contributed by atoms with Gasteiger partial charge in [-0.2, -0.15) is 8.42 Å². The van der Waals surface area contributed by atoms with Crippen molar-refractivity contribution in [1.82, 2.24) is 4.90 Å². The van der Waals surface area contributed by atoms with Crippen molar-refractivity contribution in [2.75, 3.05) is 26.8 Å². The third-order valence-corrected chi connectivity index (χ3v) is 4.59. The Bertz CT molecular complexity index is 634. The molecule has 2 rings (SSSR count). The number of para-hydroxylation sites is 2. The van der Waals surface area contributed by atoms with Crippen LogP contribution in [-0.4, -0.2) is 51.3 Å². The van der Waals surface area contributed by atoms with E-state index in [0.29, 0.717) is 31.1 Å². The Kier molecular flexibility index (Phi) is 5.23. The molecule has 1 unspecified atom stereocenters. The summed E-state index contributed by atoms with van der Waals surface area (Å²) in [7, 11) is -3.12. The van der Waals surface area contributed by atoms with E-state index in [1.165, 1.54) is 4.90 Å². The van der Waals surface area contributed by atoms with Gasteiger partial charge in [0.25, 0.3) is 0 Å². The number of halogens is 1. The van der Waals surface area contributed by atoms with Crippen LogP contribution in [0.25, 0.3) is 0 Å². The van der Waals surface area contributed by atoms with E-state index in [1.54, 1.807) is 19.2 Å². The minimum atomic E-state index is -4.66. The molecular formula is C14H18FNO5S. The fourth-order valence-electron chi connectivity index (χ4n) is 2.32. The Hall–Kier alpha value is -1.83. The van der Waals surface area contributed by atoms with E-state index < -0.39 is 15.5 Å². The third-order valence-electron chi connectivity index (χ3n) is 3.48. The third kappa shape index (κ3) is 4.09. The van der Waals surface area contributed by atoms with Crippen LogP contribution in [0.1, 0.15) is 12.8 Å². The van der Waals surface area contributed by atoms with Gasteiger partial charge in [-0.1, -0.05) is 12.1 Å². The van der Waals surface area contributed by atoms with Crippen LogP contribution in [-0.2, 0) is 15.0 Å². The van der Waals surface area contributed by atoms with E-state index in [1.807, 2.05) is 12.1 Å². The average molecular weight is 331 g/mol. The lowest BCUT2D eigenvalue weighted by Crippen LogP contribution is -2.29. The fourth-order valence-corrected chi connectivity index (χ4v) is 3.02. The molecule has 1 atom stereocenters. The van der Waals surface area contributed by atoms with E-state index in [4.69, 9.17) is 9.47 Å². The molecule has 0 aliphatic carbocycles. The maximum atomic E-state index is 12.9. The molecule has 22 heavy (non-hydrogen) atoms. The van der Waals surface area contributed by atoms with Gasteiger partial charge >= 0.3 is 10.2 Å². The summed E-state index contributed by atoms with van der Waals surface area (Å²) in [6.07, 6.45) is 0.231. The summed E-state index contributed by atoms with van der Waals surface area (Å²) in [5, 5.41) is -1.24. The molecule has 1 aliphatic heterocycles. The van der Waals surface area contributed by atoms with Gasteiger partial charge in [-0.15, -0.1) is 3.89 Å². The number of carbonyl (C=O) groups excluding carboxylic acids is 1. The van der Waals surface area contributed by atoms with Crippen LogP contribution in [0, 0.1) is 0 Å². The van der Waals surface area contributed by atoms with Crippen molar-refractivity contribution < 1.29 is 26.6 Å². The first-order valence-corrected chi connectivity index (χ1v) is 8.33. The zero-order chi connectivity index (χ0) is 16.2. The van der Waals surface area contributed by atoms with Gasteiger partial charge in [0.15, 0.2) is 11.5 Å². The number of rotatable bonds is 7. The Morgan fingerprint density at radius 3 is 2.59 bits per heavy atom. The Morgan fingerprint density at radius 1 is 1.32 bits per heavy atom. The molecule has 0 aromatic heterocycles. The Morgan fingerprint density at radius 2 is 2.00 bits per heavy atom. The summed E-state index contributed by atoms with van der Waals surface area (Å²) in [6.45, 7) is 0.587. The van der Waals surface area contributed by atoms with Gasteiger partial charge in [0.2, 0.25) is 5.91 Å². The number of amides is 1. The lowest BCUT2D eigenvalue weighted by Gasteiger charge is -2.16. The molecule has 1 saturated heterocycles. The van der Waals surface area contributed by atoms with E-state index in [-0.39, 0.29) is 18.9 Å². The van der Waals surface area contributed by atoms with Crippen LogP contribution >= 0.6 is 0 Å². The lowest BCUT2D eigenvalue weighted by atomic mass is 10.3. The molecule has 1 fully saturated rings. The predicted molar refractivity (Wildman–Crippen MR) is 78.1 cm³/mol. The molecule has 1 aliphatic rings. The molecule has 6 nitrogen and oxygen atoms in total. The molecule has 1 amide bonds. The van der Waals surface area contributed by atoms with Gasteiger partial charge in [0.05, 0.1) is 13.7 Å². The summed E-state index contributed by atoms with van der Waals surface area (Å²) < 4.78 is 45.2. The van der Waals surface area contributed by atoms with Crippen molar-refractivity contribution in [1.29, 1.82) is 0 Å². The molecule has 1 heterocycles. The molecule has 1 aromatic carbocycles. The average Bonchev–Trinajstić information content (AvgIpc) is 2.85. The maximum absolute atomic E-state index is 12.9. The van der Waals surface area contributed by atoms with Crippen LogP contribution in [0.4, 0.5) is 3.89 Å². The summed E-state index contributed by atoms with van der Waals surface area (Å²) in [4.78, 5) is 13.0. The Balaban J connectivity index is 1.79. The first-order chi connectivity index (χ1) is 10.4. The molecule has 122 valence electrons. The maximum Gasteiger partial charge on any atom is 0.307 e. The van der Waals surface area contributed by atoms with Gasteiger partial charge < -0.3 is 14.4 Å². The van der Waals surface area contributed by atoms with Crippen molar-refractivity contribution in [3.8, 4) is 11.5 Å². The number of ether oxygens (including phenoxy) is 2. The highest BCUT2D eigenvalue weighted by molar-refractivity contribution is 7.87. The summed E-state index contributed by atoms with van der Waals surface area (Å²) in [5.74, 6) is 0.869. The number of carbonyl (C=O) groups is 1. The predicted octanol–water partition coefficient (Wildman–Crippen LogP) is 1.36. The normalized spacial score (nSPS) is 18.5. The molecule has 1 aromatic rings. The van der Waals surface area contributed by atoms with E-state index in [2.05, 4.69) is 0 Å². The number of nitrogens with zero attached hydrogens (tertiary/aromatic N) is 1. The monoisotopic (exact) mass is 331 g/mol. The van der Waals surface area contributed by atoms with Crippen molar-refractivity contribution in [2.45, 2.75) is 18.1 Å². The largest absolute Gasteiger partial charge is 0.493 e. The molecule has 8 heteroatoms. The lowest BCUT2D eigenvalue weighted by molar-refractivity contribution is -0.127. The molecule has 0 spiro atoms. The molecular weight excluding hydrogens is 313 g/mol. The first-order valence-electron chi connectivity index (χ1n) is 6.89. The van der Waals surface area contributed by atoms with E-state index >= 15 is 0 Å². The molecule has 0 bridgehead atoms. The summed E-state index contributed by atoms with van der Waals surface area (Å²) in [6, 6.07) is 7.19. The van der Waals surface area contributed by atoms with Crippen LogP contribution < -0.4 is 9.47 Å². The quantitative estimate of drug-likeness (QED) is 0.557. The zero-order valence-electron chi connectivity index (χ0n) is 12.2. The summed E-state index contributed by atoms with van der Waals surface area (Å²) >= 11 is 0. The minimum absolute atomic E-state index is 0.0909. The second kappa shape index (κ2) is 6.95. The fraction of sp³-hybridized carbons (Fsp3) is 0.500. The highest BCUT2D eigenvalue weighted by Crippen LogP contribution is 2.26. The van der Waals surface area contributed by atoms with Crippen LogP contribution in [0.2, 0.25) is 0 Å². The highest BCUT2D eigenvalue weighted by atomic mass is 32.3. The molecule has 0 saturated carbocycles. The first kappa shape index (κ1) is 16.5.